The van der Waals surface area contributed by atoms with Crippen LogP contribution in [0, 0.1) is 11.3 Å². The van der Waals surface area contributed by atoms with Gasteiger partial charge < -0.3 is 10.2 Å². The molecule has 1 N–H and O–H groups in total. The highest BCUT2D eigenvalue weighted by Gasteiger charge is 2.31. The van der Waals surface area contributed by atoms with Crippen molar-refractivity contribution in [3.05, 3.63) is 0 Å². The van der Waals surface area contributed by atoms with Crippen LogP contribution < -0.4 is 5.32 Å². The number of hydrogen-bond donors (Lipinski definition) is 1. The summed E-state index contributed by atoms with van der Waals surface area (Å²) >= 11 is 0. The number of hydrogen-bond acceptors (Lipinski definition) is 2. The van der Waals surface area contributed by atoms with Gasteiger partial charge in [0.05, 0.1) is 0 Å². The molecule has 1 saturated heterocycles. The summed E-state index contributed by atoms with van der Waals surface area (Å²) in [5, 5.41) is 3.71. The van der Waals surface area contributed by atoms with Crippen molar-refractivity contribution in [2.45, 2.75) is 72.8 Å². The third-order valence-electron chi connectivity index (χ3n) is 5.03. The minimum atomic E-state index is 0.473. The van der Waals surface area contributed by atoms with Gasteiger partial charge in [-0.25, -0.2) is 0 Å². The maximum absolute atomic E-state index is 3.71. The van der Waals surface area contributed by atoms with Gasteiger partial charge in [0.25, 0.3) is 0 Å². The molecule has 1 unspecified atom stereocenters. The number of nitrogens with one attached hydrogen (secondary N) is 1. The molecule has 1 rings (SSSR count). The standard InChI is InChI=1S/C17H36N2/c1-6-17(7-2,13-18-12-15(3)4)14-19-11-9-8-10-16(19)5/h15-16,18H,6-14H2,1-5H3. The Hall–Kier alpha value is -0.0800. The van der Waals surface area contributed by atoms with Gasteiger partial charge >= 0.3 is 0 Å². The van der Waals surface area contributed by atoms with Crippen molar-refractivity contribution in [1.29, 1.82) is 0 Å². The van der Waals surface area contributed by atoms with Crippen LogP contribution in [-0.2, 0) is 0 Å². The van der Waals surface area contributed by atoms with Gasteiger partial charge in [-0.05, 0) is 57.0 Å². The molecule has 0 aromatic heterocycles. The summed E-state index contributed by atoms with van der Waals surface area (Å²) < 4.78 is 0. The van der Waals surface area contributed by atoms with Crippen LogP contribution in [-0.4, -0.2) is 37.1 Å². The van der Waals surface area contributed by atoms with Crippen molar-refractivity contribution in [2.24, 2.45) is 11.3 Å². The van der Waals surface area contributed by atoms with E-state index in [1.54, 1.807) is 0 Å². The first-order valence-electron chi connectivity index (χ1n) is 8.47. The smallest absolute Gasteiger partial charge is 0.00671 e. The molecule has 0 aromatic rings. The van der Waals surface area contributed by atoms with Crippen molar-refractivity contribution in [3.8, 4) is 0 Å². The minimum absolute atomic E-state index is 0.473. The third-order valence-corrected chi connectivity index (χ3v) is 5.03. The molecule has 114 valence electrons. The van der Waals surface area contributed by atoms with Crippen LogP contribution in [0.25, 0.3) is 0 Å². The van der Waals surface area contributed by atoms with E-state index >= 15 is 0 Å². The zero-order chi connectivity index (χ0) is 14.3. The van der Waals surface area contributed by atoms with E-state index in [0.717, 1.165) is 18.5 Å². The van der Waals surface area contributed by atoms with Gasteiger partial charge in [0.2, 0.25) is 0 Å². The van der Waals surface area contributed by atoms with E-state index in [4.69, 9.17) is 0 Å². The lowest BCUT2D eigenvalue weighted by atomic mass is 9.80. The molecule has 0 aliphatic carbocycles. The number of likely N-dealkylation sites (tertiary alicyclic amines) is 1. The Morgan fingerprint density at radius 2 is 1.89 bits per heavy atom. The zero-order valence-corrected chi connectivity index (χ0v) is 14.0. The van der Waals surface area contributed by atoms with Gasteiger partial charge in [-0.2, -0.15) is 0 Å². The number of nitrogens with zero attached hydrogens (tertiary/aromatic N) is 1. The fourth-order valence-electron chi connectivity index (χ4n) is 3.23. The highest BCUT2D eigenvalue weighted by atomic mass is 15.2. The highest BCUT2D eigenvalue weighted by molar-refractivity contribution is 4.86. The van der Waals surface area contributed by atoms with Crippen molar-refractivity contribution < 1.29 is 0 Å². The molecule has 0 bridgehead atoms. The lowest BCUT2D eigenvalue weighted by Crippen LogP contribution is -2.48. The molecule has 2 nitrogen and oxygen atoms in total. The molecule has 1 aliphatic rings. The average molecular weight is 268 g/mol. The molecule has 0 amide bonds. The lowest BCUT2D eigenvalue weighted by molar-refractivity contribution is 0.0800. The van der Waals surface area contributed by atoms with E-state index in [-0.39, 0.29) is 0 Å². The maximum Gasteiger partial charge on any atom is 0.00671 e. The van der Waals surface area contributed by atoms with E-state index in [2.05, 4.69) is 44.8 Å². The molecule has 1 fully saturated rings. The quantitative estimate of drug-likeness (QED) is 0.718. The van der Waals surface area contributed by atoms with Gasteiger partial charge in [0, 0.05) is 19.1 Å². The highest BCUT2D eigenvalue weighted by Crippen LogP contribution is 2.30. The Morgan fingerprint density at radius 1 is 1.21 bits per heavy atom. The summed E-state index contributed by atoms with van der Waals surface area (Å²) in [5.74, 6) is 0.750. The van der Waals surface area contributed by atoms with E-state index in [9.17, 15) is 0 Å². The van der Waals surface area contributed by atoms with Crippen LogP contribution in [0.4, 0.5) is 0 Å². The van der Waals surface area contributed by atoms with Gasteiger partial charge in [-0.15, -0.1) is 0 Å². The van der Waals surface area contributed by atoms with Crippen LogP contribution in [0.1, 0.15) is 66.7 Å². The Kier molecular flexibility index (Phi) is 7.38. The van der Waals surface area contributed by atoms with Crippen LogP contribution in [0.2, 0.25) is 0 Å². The SMILES string of the molecule is CCC(CC)(CNCC(C)C)CN1CCCCC1C. The molecule has 0 spiro atoms. The molecule has 0 radical (unpaired) electrons. The third kappa shape index (κ3) is 5.43. The molecular weight excluding hydrogens is 232 g/mol. The number of rotatable bonds is 8. The van der Waals surface area contributed by atoms with E-state index in [1.165, 1.54) is 51.7 Å². The first-order chi connectivity index (χ1) is 9.03. The van der Waals surface area contributed by atoms with Crippen molar-refractivity contribution in [1.82, 2.24) is 10.2 Å². The van der Waals surface area contributed by atoms with Crippen molar-refractivity contribution in [2.75, 3.05) is 26.2 Å². The zero-order valence-electron chi connectivity index (χ0n) is 14.0. The Balaban J connectivity index is 2.53. The van der Waals surface area contributed by atoms with E-state index < -0.39 is 0 Å². The lowest BCUT2D eigenvalue weighted by Gasteiger charge is -2.42. The second-order valence-electron chi connectivity index (χ2n) is 7.05. The molecule has 0 saturated carbocycles. The summed E-state index contributed by atoms with van der Waals surface area (Å²) in [4.78, 5) is 2.74. The topological polar surface area (TPSA) is 15.3 Å². The van der Waals surface area contributed by atoms with Crippen LogP contribution >= 0.6 is 0 Å². The summed E-state index contributed by atoms with van der Waals surface area (Å²) in [6.45, 7) is 16.7. The first-order valence-corrected chi connectivity index (χ1v) is 8.47. The fraction of sp³-hybridized carbons (Fsp3) is 1.00. The first kappa shape index (κ1) is 17.0. The molecule has 0 aromatic carbocycles. The Bertz CT molecular complexity index is 233. The second-order valence-corrected chi connectivity index (χ2v) is 7.05. The Labute approximate surface area is 121 Å². The van der Waals surface area contributed by atoms with Crippen molar-refractivity contribution in [3.63, 3.8) is 0 Å². The minimum Gasteiger partial charge on any atom is -0.316 e. The summed E-state index contributed by atoms with van der Waals surface area (Å²) in [6, 6.07) is 0.788. The van der Waals surface area contributed by atoms with Crippen LogP contribution in [0.3, 0.4) is 0 Å². The summed E-state index contributed by atoms with van der Waals surface area (Å²) in [6.07, 6.45) is 6.79. The van der Waals surface area contributed by atoms with Gasteiger partial charge in [-0.3, -0.25) is 0 Å². The van der Waals surface area contributed by atoms with Gasteiger partial charge in [-0.1, -0.05) is 34.1 Å². The van der Waals surface area contributed by atoms with Gasteiger partial charge in [0.15, 0.2) is 0 Å². The molecule has 1 heterocycles. The molecule has 2 heteroatoms. The predicted molar refractivity (Wildman–Crippen MR) is 85.6 cm³/mol. The average Bonchev–Trinajstić information content (AvgIpc) is 2.39. The number of piperidine rings is 1. The van der Waals surface area contributed by atoms with E-state index in [0.29, 0.717) is 5.41 Å². The normalized spacial score (nSPS) is 22.1. The Morgan fingerprint density at radius 3 is 2.42 bits per heavy atom. The fourth-order valence-corrected chi connectivity index (χ4v) is 3.23. The largest absolute Gasteiger partial charge is 0.316 e. The van der Waals surface area contributed by atoms with Crippen LogP contribution in [0.15, 0.2) is 0 Å². The van der Waals surface area contributed by atoms with E-state index in [1.807, 2.05) is 0 Å². The molecule has 1 atom stereocenters. The summed E-state index contributed by atoms with van der Waals surface area (Å²) in [5.41, 5.74) is 0.473. The molecule has 19 heavy (non-hydrogen) atoms. The van der Waals surface area contributed by atoms with Crippen molar-refractivity contribution >= 4 is 0 Å². The monoisotopic (exact) mass is 268 g/mol. The van der Waals surface area contributed by atoms with Crippen LogP contribution in [0.5, 0.6) is 0 Å². The maximum atomic E-state index is 3.71. The molecular formula is C17H36N2. The summed E-state index contributed by atoms with van der Waals surface area (Å²) in [7, 11) is 0. The van der Waals surface area contributed by atoms with Gasteiger partial charge in [0.1, 0.15) is 0 Å². The predicted octanol–water partition coefficient (Wildman–Crippen LogP) is 3.91. The molecule has 1 aliphatic heterocycles. The second kappa shape index (κ2) is 8.26.